The van der Waals surface area contributed by atoms with Crippen molar-refractivity contribution in [2.24, 2.45) is 5.92 Å². The van der Waals surface area contributed by atoms with Gasteiger partial charge in [0.2, 0.25) is 10.0 Å². The molecular weight excluding hydrogens is 298 g/mol. The van der Waals surface area contributed by atoms with E-state index < -0.39 is 21.7 Å². The van der Waals surface area contributed by atoms with Crippen molar-refractivity contribution in [2.45, 2.75) is 37.7 Å². The van der Waals surface area contributed by atoms with Gasteiger partial charge in [0.25, 0.3) is 0 Å². The molecule has 2 atom stereocenters. The van der Waals surface area contributed by atoms with E-state index in [9.17, 15) is 13.2 Å². The van der Waals surface area contributed by atoms with Crippen molar-refractivity contribution in [3.63, 3.8) is 0 Å². The highest BCUT2D eigenvalue weighted by Crippen LogP contribution is 2.24. The van der Waals surface area contributed by atoms with Crippen molar-refractivity contribution in [3.8, 4) is 0 Å². The molecule has 0 aliphatic carbocycles. The van der Waals surface area contributed by atoms with Crippen molar-refractivity contribution in [3.05, 3.63) is 11.4 Å². The molecule has 1 saturated heterocycles. The zero-order valence-electron chi connectivity index (χ0n) is 11.9. The first-order valence-electron chi connectivity index (χ1n) is 6.76. The summed E-state index contributed by atoms with van der Waals surface area (Å²) in [5.74, 6) is -1.28. The Hall–Kier alpha value is -1.45. The van der Waals surface area contributed by atoms with E-state index in [1.165, 1.54) is 6.92 Å². The van der Waals surface area contributed by atoms with Crippen LogP contribution in [0.15, 0.2) is 4.90 Å². The molecule has 1 aromatic rings. The number of hydrogen-bond acceptors (Lipinski definition) is 5. The minimum Gasteiger partial charge on any atom is -0.476 e. The molecule has 8 nitrogen and oxygen atoms in total. The van der Waals surface area contributed by atoms with Crippen LogP contribution in [-0.2, 0) is 14.8 Å². The molecule has 2 rings (SSSR count). The number of rotatable bonds is 6. The van der Waals surface area contributed by atoms with Gasteiger partial charge in [-0.15, -0.1) is 0 Å². The Balaban J connectivity index is 2.16. The number of aromatic amines is 1. The standard InChI is InChI=1S/C12H19N3O5S/c1-3-9-8(4-5-20-9)6-13-21(18,19)11-7(2)14-15-10(11)12(16)17/h8-9,13H,3-6H2,1-2H3,(H,14,15)(H,16,17). The zero-order valence-corrected chi connectivity index (χ0v) is 12.7. The van der Waals surface area contributed by atoms with E-state index in [1.807, 2.05) is 6.92 Å². The summed E-state index contributed by atoms with van der Waals surface area (Å²) >= 11 is 0. The van der Waals surface area contributed by atoms with Gasteiger partial charge in [0.15, 0.2) is 5.69 Å². The maximum atomic E-state index is 12.3. The van der Waals surface area contributed by atoms with Crippen LogP contribution in [0.3, 0.4) is 0 Å². The number of hydrogen-bond donors (Lipinski definition) is 3. The fourth-order valence-corrected chi connectivity index (χ4v) is 3.97. The maximum Gasteiger partial charge on any atom is 0.357 e. The zero-order chi connectivity index (χ0) is 15.6. The third kappa shape index (κ3) is 3.25. The molecule has 1 aromatic heterocycles. The highest BCUT2D eigenvalue weighted by Gasteiger charge is 2.31. The van der Waals surface area contributed by atoms with Crippen LogP contribution in [0, 0.1) is 12.8 Å². The first-order chi connectivity index (χ1) is 9.86. The molecule has 0 amide bonds. The lowest BCUT2D eigenvalue weighted by Crippen LogP contribution is -2.33. The molecule has 0 bridgehead atoms. The molecule has 9 heteroatoms. The lowest BCUT2D eigenvalue weighted by atomic mass is 10.0. The van der Waals surface area contributed by atoms with Crippen LogP contribution >= 0.6 is 0 Å². The predicted molar refractivity (Wildman–Crippen MR) is 73.6 cm³/mol. The number of H-pyrrole nitrogens is 1. The van der Waals surface area contributed by atoms with Crippen molar-refractivity contribution in [1.29, 1.82) is 0 Å². The molecule has 0 spiro atoms. The Kier molecular flexibility index (Phi) is 4.64. The fraction of sp³-hybridized carbons (Fsp3) is 0.667. The number of aryl methyl sites for hydroxylation is 1. The quantitative estimate of drug-likeness (QED) is 0.703. The van der Waals surface area contributed by atoms with Crippen LogP contribution in [0.2, 0.25) is 0 Å². The van der Waals surface area contributed by atoms with Crippen molar-refractivity contribution in [2.75, 3.05) is 13.2 Å². The number of aromatic carboxylic acids is 1. The van der Waals surface area contributed by atoms with Gasteiger partial charge in [-0.25, -0.2) is 17.9 Å². The molecular formula is C12H19N3O5S. The predicted octanol–water partition coefficient (Wildman–Crippen LogP) is 0.510. The number of carboxylic acids is 1. The van der Waals surface area contributed by atoms with E-state index in [-0.39, 0.29) is 29.2 Å². The summed E-state index contributed by atoms with van der Waals surface area (Å²) in [6.45, 7) is 4.31. The number of aromatic nitrogens is 2. The van der Waals surface area contributed by atoms with Gasteiger partial charge in [-0.05, 0) is 19.8 Å². The number of carbonyl (C=O) groups is 1. The summed E-state index contributed by atoms with van der Waals surface area (Å²) in [4.78, 5) is 10.7. The van der Waals surface area contributed by atoms with Crippen molar-refractivity contribution < 1.29 is 23.1 Å². The van der Waals surface area contributed by atoms with E-state index in [1.54, 1.807) is 0 Å². The Morgan fingerprint density at radius 1 is 1.57 bits per heavy atom. The summed E-state index contributed by atoms with van der Waals surface area (Å²) in [5.41, 5.74) is -0.288. The second kappa shape index (κ2) is 6.12. The van der Waals surface area contributed by atoms with E-state index in [0.717, 1.165) is 12.8 Å². The van der Waals surface area contributed by atoms with Crippen LogP contribution in [-0.4, -0.2) is 48.9 Å². The number of nitrogens with one attached hydrogen (secondary N) is 2. The second-order valence-electron chi connectivity index (χ2n) is 5.05. The highest BCUT2D eigenvalue weighted by atomic mass is 32.2. The lowest BCUT2D eigenvalue weighted by Gasteiger charge is -2.17. The topological polar surface area (TPSA) is 121 Å². The van der Waals surface area contributed by atoms with E-state index in [4.69, 9.17) is 9.84 Å². The van der Waals surface area contributed by atoms with Gasteiger partial charge in [-0.1, -0.05) is 6.92 Å². The van der Waals surface area contributed by atoms with E-state index in [0.29, 0.717) is 6.61 Å². The molecule has 1 fully saturated rings. The fourth-order valence-electron chi connectivity index (χ4n) is 2.56. The Morgan fingerprint density at radius 2 is 2.29 bits per heavy atom. The molecule has 118 valence electrons. The molecule has 1 aliphatic rings. The minimum absolute atomic E-state index is 0.0390. The minimum atomic E-state index is -3.92. The van der Waals surface area contributed by atoms with Gasteiger partial charge in [-0.2, -0.15) is 5.10 Å². The first kappa shape index (κ1) is 15.9. The van der Waals surface area contributed by atoms with Gasteiger partial charge < -0.3 is 9.84 Å². The Labute approximate surface area is 122 Å². The number of carboxylic acid groups (broad SMARTS) is 1. The van der Waals surface area contributed by atoms with E-state index in [2.05, 4.69) is 14.9 Å². The van der Waals surface area contributed by atoms with E-state index >= 15 is 0 Å². The SMILES string of the molecule is CCC1OCCC1CNS(=O)(=O)c1c(C(=O)O)n[nH]c1C. The van der Waals surface area contributed by atoms with Gasteiger partial charge in [0.05, 0.1) is 11.8 Å². The molecule has 3 N–H and O–H groups in total. The molecule has 0 aromatic carbocycles. The largest absolute Gasteiger partial charge is 0.476 e. The number of nitrogens with zero attached hydrogens (tertiary/aromatic N) is 1. The molecule has 1 aliphatic heterocycles. The smallest absolute Gasteiger partial charge is 0.357 e. The molecule has 2 unspecified atom stereocenters. The van der Waals surface area contributed by atoms with Crippen LogP contribution < -0.4 is 4.72 Å². The highest BCUT2D eigenvalue weighted by molar-refractivity contribution is 7.89. The Morgan fingerprint density at radius 3 is 2.90 bits per heavy atom. The third-order valence-corrected chi connectivity index (χ3v) is 5.23. The first-order valence-corrected chi connectivity index (χ1v) is 8.24. The summed E-state index contributed by atoms with van der Waals surface area (Å²) in [5, 5.41) is 14.9. The molecule has 0 saturated carbocycles. The van der Waals surface area contributed by atoms with Gasteiger partial charge in [0, 0.05) is 19.1 Å². The van der Waals surface area contributed by atoms with Crippen LogP contribution in [0.1, 0.15) is 35.9 Å². The van der Waals surface area contributed by atoms with Gasteiger partial charge in [0.1, 0.15) is 4.90 Å². The summed E-state index contributed by atoms with van der Waals surface area (Å²) in [6.07, 6.45) is 1.64. The number of sulfonamides is 1. The normalized spacial score (nSPS) is 22.6. The molecule has 2 heterocycles. The maximum absolute atomic E-state index is 12.3. The second-order valence-corrected chi connectivity index (χ2v) is 6.75. The monoisotopic (exact) mass is 317 g/mol. The van der Waals surface area contributed by atoms with Gasteiger partial charge >= 0.3 is 5.97 Å². The average Bonchev–Trinajstić information content (AvgIpc) is 3.02. The Bertz CT molecular complexity index is 625. The number of ether oxygens (including phenoxy) is 1. The van der Waals surface area contributed by atoms with Crippen molar-refractivity contribution >= 4 is 16.0 Å². The van der Waals surface area contributed by atoms with Crippen LogP contribution in [0.4, 0.5) is 0 Å². The summed E-state index contributed by atoms with van der Waals surface area (Å²) in [6, 6.07) is 0. The summed E-state index contributed by atoms with van der Waals surface area (Å²) in [7, 11) is -3.92. The third-order valence-electron chi connectivity index (χ3n) is 3.65. The van der Waals surface area contributed by atoms with Crippen molar-refractivity contribution in [1.82, 2.24) is 14.9 Å². The van der Waals surface area contributed by atoms with Crippen LogP contribution in [0.5, 0.6) is 0 Å². The lowest BCUT2D eigenvalue weighted by molar-refractivity contribution is 0.0686. The summed E-state index contributed by atoms with van der Waals surface area (Å²) < 4.78 is 32.6. The molecule has 0 radical (unpaired) electrons. The van der Waals surface area contributed by atoms with Crippen LogP contribution in [0.25, 0.3) is 0 Å². The average molecular weight is 317 g/mol. The molecule has 21 heavy (non-hydrogen) atoms. The van der Waals surface area contributed by atoms with Gasteiger partial charge in [-0.3, -0.25) is 5.10 Å².